The van der Waals surface area contributed by atoms with Crippen molar-refractivity contribution < 1.29 is 47.3 Å². The summed E-state index contributed by atoms with van der Waals surface area (Å²) in [6.45, 7) is 2.52. The van der Waals surface area contributed by atoms with E-state index in [4.69, 9.17) is 4.74 Å². The molecule has 0 saturated heterocycles. The average Bonchev–Trinajstić information content (AvgIpc) is 2.52. The fourth-order valence-corrected chi connectivity index (χ4v) is 3.22. The Kier molecular flexibility index (Phi) is 6.33. The molecule has 0 atom stereocenters. The number of rotatable bonds is 5. The minimum Gasteiger partial charge on any atom is -0.748 e. The molecule has 7 heteroatoms. The zero-order valence-corrected chi connectivity index (χ0v) is 16.7. The molecule has 2 aromatic rings. The van der Waals surface area contributed by atoms with Crippen LogP contribution in [0.5, 0.6) is 11.5 Å². The zero-order chi connectivity index (χ0) is 16.4. The molecular weight excluding hydrogens is 337 g/mol. The van der Waals surface area contributed by atoms with Crippen molar-refractivity contribution >= 4 is 21.5 Å². The third-order valence-corrected chi connectivity index (χ3v) is 4.66. The monoisotopic (exact) mass is 355 g/mol. The Labute approximate surface area is 164 Å². The molecule has 0 spiro atoms. The molecule has 0 saturated carbocycles. The van der Waals surface area contributed by atoms with Gasteiger partial charge in [-0.05, 0) is 42.7 Å². The molecule has 1 aliphatic heterocycles. The standard InChI is InChI=1S/C17H19NO4S.Na/c1-2-13-8-9-17-15(12-13)18(10-5-11-23(19,20)21)14-6-3-4-7-16(14)22-17;/h3-4,6-9,12H,2,5,10-11H2,1H3,(H,19,20,21);/q;+1/p-1. The van der Waals surface area contributed by atoms with Gasteiger partial charge in [0.05, 0.1) is 21.5 Å². The van der Waals surface area contributed by atoms with Crippen LogP contribution in [0.2, 0.25) is 0 Å². The molecule has 24 heavy (non-hydrogen) atoms. The van der Waals surface area contributed by atoms with Crippen LogP contribution < -0.4 is 39.2 Å². The van der Waals surface area contributed by atoms with Crippen LogP contribution >= 0.6 is 0 Å². The number of benzene rings is 2. The van der Waals surface area contributed by atoms with Gasteiger partial charge in [0, 0.05) is 12.3 Å². The van der Waals surface area contributed by atoms with Crippen molar-refractivity contribution in [3.8, 4) is 11.5 Å². The molecule has 0 amide bonds. The minimum absolute atomic E-state index is 0. The third kappa shape index (κ3) is 4.32. The number of fused-ring (bicyclic) bond motifs is 2. The van der Waals surface area contributed by atoms with Crippen molar-refractivity contribution in [1.82, 2.24) is 0 Å². The maximum atomic E-state index is 10.9. The largest absolute Gasteiger partial charge is 1.00 e. The van der Waals surface area contributed by atoms with Crippen molar-refractivity contribution in [2.24, 2.45) is 0 Å². The Morgan fingerprint density at radius 1 is 1.08 bits per heavy atom. The van der Waals surface area contributed by atoms with E-state index in [2.05, 4.69) is 13.0 Å². The first kappa shape index (κ1) is 19.3. The van der Waals surface area contributed by atoms with E-state index in [1.165, 1.54) is 5.56 Å². The van der Waals surface area contributed by atoms with Crippen molar-refractivity contribution in [2.75, 3.05) is 17.2 Å². The molecule has 0 aliphatic carbocycles. The number of ether oxygens (including phenoxy) is 1. The fourth-order valence-electron chi connectivity index (χ4n) is 2.74. The Bertz CT molecular complexity index is 823. The number of para-hydroxylation sites is 2. The Morgan fingerprint density at radius 3 is 2.50 bits per heavy atom. The van der Waals surface area contributed by atoms with Gasteiger partial charge in [-0.3, -0.25) is 0 Å². The second-order valence-corrected chi connectivity index (χ2v) is 7.02. The summed E-state index contributed by atoms with van der Waals surface area (Å²) in [5.41, 5.74) is 2.97. The number of anilines is 2. The van der Waals surface area contributed by atoms with Gasteiger partial charge in [0.1, 0.15) is 0 Å². The predicted octanol–water partition coefficient (Wildman–Crippen LogP) is 0.432. The summed E-state index contributed by atoms with van der Waals surface area (Å²) in [5.74, 6) is 1.11. The number of nitrogens with zero attached hydrogens (tertiary/aromatic N) is 1. The van der Waals surface area contributed by atoms with Crippen molar-refractivity contribution in [1.29, 1.82) is 0 Å². The summed E-state index contributed by atoms with van der Waals surface area (Å²) in [6, 6.07) is 13.6. The van der Waals surface area contributed by atoms with Crippen LogP contribution in [-0.4, -0.2) is 25.3 Å². The molecule has 0 unspecified atom stereocenters. The van der Waals surface area contributed by atoms with Gasteiger partial charge >= 0.3 is 29.6 Å². The molecule has 1 heterocycles. The van der Waals surface area contributed by atoms with Crippen LogP contribution in [0.4, 0.5) is 11.4 Å². The zero-order valence-electron chi connectivity index (χ0n) is 13.9. The quantitative estimate of drug-likeness (QED) is 0.575. The molecule has 0 radical (unpaired) electrons. The van der Waals surface area contributed by atoms with Crippen molar-refractivity contribution in [3.63, 3.8) is 0 Å². The first-order valence-electron chi connectivity index (χ1n) is 7.59. The third-order valence-electron chi connectivity index (χ3n) is 3.87. The summed E-state index contributed by atoms with van der Waals surface area (Å²) in [7, 11) is -4.20. The van der Waals surface area contributed by atoms with Gasteiger partial charge in [-0.15, -0.1) is 0 Å². The van der Waals surface area contributed by atoms with Gasteiger partial charge in [0.15, 0.2) is 11.5 Å². The molecule has 122 valence electrons. The molecule has 3 rings (SSSR count). The van der Waals surface area contributed by atoms with E-state index in [1.807, 2.05) is 41.3 Å². The minimum atomic E-state index is -4.20. The molecular formula is C17H18NNaO4S. The topological polar surface area (TPSA) is 69.7 Å². The van der Waals surface area contributed by atoms with Crippen LogP contribution in [-0.2, 0) is 16.5 Å². The van der Waals surface area contributed by atoms with Crippen LogP contribution in [0, 0.1) is 0 Å². The van der Waals surface area contributed by atoms with Gasteiger partial charge in [0.25, 0.3) is 0 Å². The Balaban J connectivity index is 0.00000208. The van der Waals surface area contributed by atoms with Crippen LogP contribution in [0.15, 0.2) is 42.5 Å². The molecule has 2 aromatic carbocycles. The maximum Gasteiger partial charge on any atom is 1.00 e. The van der Waals surface area contributed by atoms with Crippen LogP contribution in [0.1, 0.15) is 18.9 Å². The maximum absolute atomic E-state index is 10.9. The smallest absolute Gasteiger partial charge is 0.748 e. The van der Waals surface area contributed by atoms with E-state index in [9.17, 15) is 13.0 Å². The van der Waals surface area contributed by atoms with E-state index < -0.39 is 10.1 Å². The van der Waals surface area contributed by atoms with E-state index >= 15 is 0 Å². The SMILES string of the molecule is CCc1ccc2c(c1)N(CCCS(=O)(=O)[O-])c1ccccc1O2.[Na+]. The normalized spacial score (nSPS) is 12.7. The molecule has 0 aromatic heterocycles. The summed E-state index contributed by atoms with van der Waals surface area (Å²) < 4.78 is 38.5. The van der Waals surface area contributed by atoms with E-state index in [1.54, 1.807) is 0 Å². The van der Waals surface area contributed by atoms with Gasteiger partial charge < -0.3 is 14.2 Å². The second-order valence-electron chi connectivity index (χ2n) is 5.49. The van der Waals surface area contributed by atoms with Gasteiger partial charge in [0.2, 0.25) is 0 Å². The average molecular weight is 355 g/mol. The van der Waals surface area contributed by atoms with Crippen LogP contribution in [0.3, 0.4) is 0 Å². The second kappa shape index (κ2) is 7.89. The summed E-state index contributed by atoms with van der Waals surface area (Å²) in [4.78, 5) is 2.03. The van der Waals surface area contributed by atoms with E-state index in [-0.39, 0.29) is 41.7 Å². The number of hydrogen-bond donors (Lipinski definition) is 0. The van der Waals surface area contributed by atoms with Gasteiger partial charge in [-0.2, -0.15) is 0 Å². The number of hydrogen-bond acceptors (Lipinski definition) is 5. The first-order chi connectivity index (χ1) is 11.0. The van der Waals surface area contributed by atoms with Crippen molar-refractivity contribution in [3.05, 3.63) is 48.0 Å². The number of aryl methyl sites for hydroxylation is 1. The first-order valence-corrected chi connectivity index (χ1v) is 9.16. The summed E-state index contributed by atoms with van der Waals surface area (Å²) in [5, 5.41) is 0. The van der Waals surface area contributed by atoms with Gasteiger partial charge in [-0.1, -0.05) is 25.1 Å². The molecule has 1 aliphatic rings. The molecule has 0 fully saturated rings. The molecule has 0 N–H and O–H groups in total. The predicted molar refractivity (Wildman–Crippen MR) is 88.5 cm³/mol. The molecule has 0 bridgehead atoms. The van der Waals surface area contributed by atoms with Gasteiger partial charge in [-0.25, -0.2) is 8.42 Å². The summed E-state index contributed by atoms with van der Waals surface area (Å²) >= 11 is 0. The summed E-state index contributed by atoms with van der Waals surface area (Å²) in [6.07, 6.45) is 1.17. The fraction of sp³-hybridized carbons (Fsp3) is 0.294. The molecule has 5 nitrogen and oxygen atoms in total. The Hall–Kier alpha value is -1.05. The van der Waals surface area contributed by atoms with Crippen molar-refractivity contribution in [2.45, 2.75) is 19.8 Å². The van der Waals surface area contributed by atoms with E-state index in [0.29, 0.717) is 6.54 Å². The Morgan fingerprint density at radius 2 is 1.79 bits per heavy atom. The van der Waals surface area contributed by atoms with Crippen LogP contribution in [0.25, 0.3) is 0 Å². The van der Waals surface area contributed by atoms with E-state index in [0.717, 1.165) is 29.3 Å².